The van der Waals surface area contributed by atoms with Gasteiger partial charge in [0.1, 0.15) is 5.82 Å². The fourth-order valence-corrected chi connectivity index (χ4v) is 2.61. The summed E-state index contributed by atoms with van der Waals surface area (Å²) in [6, 6.07) is 5.21. The maximum atomic E-state index is 13.3. The molecule has 108 valence electrons. The molecule has 1 heterocycles. The molecule has 0 radical (unpaired) electrons. The van der Waals surface area contributed by atoms with E-state index in [1.807, 2.05) is 4.72 Å². The Hall–Kier alpha value is -2.44. The summed E-state index contributed by atoms with van der Waals surface area (Å²) in [5, 5.41) is 24.8. The summed E-state index contributed by atoms with van der Waals surface area (Å²) in [6.45, 7) is 0. The second-order valence-corrected chi connectivity index (χ2v) is 5.86. The van der Waals surface area contributed by atoms with Gasteiger partial charge in [-0.1, -0.05) is 11.6 Å². The smallest absolute Gasteiger partial charge is 0.263 e. The zero-order valence-corrected chi connectivity index (χ0v) is 11.7. The first-order valence-corrected chi connectivity index (χ1v) is 7.13. The molecule has 0 saturated carbocycles. The Kier molecular flexibility index (Phi) is 3.93. The van der Waals surface area contributed by atoms with Gasteiger partial charge in [0, 0.05) is 6.07 Å². The van der Waals surface area contributed by atoms with Crippen molar-refractivity contribution in [1.82, 2.24) is 10.2 Å². The monoisotopic (exact) mass is 328 g/mol. The molecular formula is C11H6ClFN4O3S. The third kappa shape index (κ3) is 3.36. The van der Waals surface area contributed by atoms with Crippen LogP contribution in [0.25, 0.3) is 0 Å². The van der Waals surface area contributed by atoms with Crippen molar-refractivity contribution in [3.63, 3.8) is 0 Å². The highest BCUT2D eigenvalue weighted by atomic mass is 35.5. The molecule has 0 bridgehead atoms. The molecule has 0 aliphatic rings. The molecular weight excluding hydrogens is 323 g/mol. The Morgan fingerprint density at radius 2 is 2.00 bits per heavy atom. The topological polar surface area (TPSA) is 116 Å². The maximum Gasteiger partial charge on any atom is 0.263 e. The van der Waals surface area contributed by atoms with Crippen molar-refractivity contribution in [2.75, 3.05) is 4.72 Å². The molecule has 10 heteroatoms. The van der Waals surface area contributed by atoms with E-state index in [1.54, 1.807) is 6.07 Å². The lowest BCUT2D eigenvalue weighted by Crippen LogP contribution is -2.15. The first-order valence-electron chi connectivity index (χ1n) is 5.27. The number of aromatic hydroxyl groups is 1. The summed E-state index contributed by atoms with van der Waals surface area (Å²) >= 11 is 5.47. The Bertz CT molecular complexity index is 851. The maximum absolute atomic E-state index is 13.3. The van der Waals surface area contributed by atoms with Crippen molar-refractivity contribution in [3.05, 3.63) is 40.8 Å². The minimum absolute atomic E-state index is 0.132. The predicted octanol–water partition coefficient (Wildman–Crippen LogP) is 1.65. The first kappa shape index (κ1) is 15.0. The summed E-state index contributed by atoms with van der Waals surface area (Å²) in [4.78, 5) is -0.491. The molecule has 0 fully saturated rings. The number of anilines is 1. The van der Waals surface area contributed by atoms with E-state index in [0.29, 0.717) is 0 Å². The molecule has 2 aromatic rings. The molecule has 21 heavy (non-hydrogen) atoms. The van der Waals surface area contributed by atoms with E-state index >= 15 is 0 Å². The van der Waals surface area contributed by atoms with E-state index < -0.39 is 32.3 Å². The summed E-state index contributed by atoms with van der Waals surface area (Å²) in [5.74, 6) is -1.90. The van der Waals surface area contributed by atoms with Crippen LogP contribution in [-0.4, -0.2) is 23.7 Å². The molecule has 0 aliphatic carbocycles. The van der Waals surface area contributed by atoms with Crippen LogP contribution >= 0.6 is 11.6 Å². The minimum atomic E-state index is -4.25. The van der Waals surface area contributed by atoms with Gasteiger partial charge in [0.2, 0.25) is 5.82 Å². The third-order valence-electron chi connectivity index (χ3n) is 2.29. The average molecular weight is 329 g/mol. The van der Waals surface area contributed by atoms with Gasteiger partial charge in [-0.25, -0.2) is 12.8 Å². The zero-order chi connectivity index (χ0) is 15.6. The molecule has 1 aromatic heterocycles. The lowest BCUT2D eigenvalue weighted by molar-refractivity contribution is 0.473. The highest BCUT2D eigenvalue weighted by Crippen LogP contribution is 2.25. The van der Waals surface area contributed by atoms with Gasteiger partial charge in [-0.3, -0.25) is 4.72 Å². The second-order valence-electron chi connectivity index (χ2n) is 3.79. The second kappa shape index (κ2) is 5.51. The fraction of sp³-hybridized carbons (Fsp3) is 0. The minimum Gasteiger partial charge on any atom is -0.504 e. The van der Waals surface area contributed by atoms with Gasteiger partial charge < -0.3 is 5.11 Å². The Balaban J connectivity index is 2.43. The van der Waals surface area contributed by atoms with Crippen LogP contribution in [0.4, 0.5) is 10.2 Å². The highest BCUT2D eigenvalue weighted by molar-refractivity contribution is 7.92. The van der Waals surface area contributed by atoms with Crippen LogP contribution in [0.1, 0.15) is 5.56 Å². The van der Waals surface area contributed by atoms with Gasteiger partial charge in [0.25, 0.3) is 10.0 Å². The Morgan fingerprint density at radius 3 is 2.62 bits per heavy atom. The van der Waals surface area contributed by atoms with Gasteiger partial charge in [-0.2, -0.15) is 5.26 Å². The summed E-state index contributed by atoms with van der Waals surface area (Å²) < 4.78 is 39.3. The number of rotatable bonds is 3. The van der Waals surface area contributed by atoms with Crippen LogP contribution in [0.5, 0.6) is 5.75 Å². The number of aromatic nitrogens is 2. The lowest BCUT2D eigenvalue weighted by atomic mass is 10.2. The molecule has 1 aromatic carbocycles. The van der Waals surface area contributed by atoms with E-state index in [9.17, 15) is 17.9 Å². The van der Waals surface area contributed by atoms with Gasteiger partial charge in [0.05, 0.1) is 16.5 Å². The summed E-state index contributed by atoms with van der Waals surface area (Å²) in [7, 11) is -4.25. The molecule has 0 aliphatic heterocycles. The van der Waals surface area contributed by atoms with Crippen molar-refractivity contribution in [2.45, 2.75) is 4.90 Å². The lowest BCUT2D eigenvalue weighted by Gasteiger charge is -2.08. The number of nitriles is 1. The normalized spacial score (nSPS) is 10.9. The van der Waals surface area contributed by atoms with Crippen LogP contribution in [0, 0.1) is 17.1 Å². The Morgan fingerprint density at radius 1 is 1.29 bits per heavy atom. The van der Waals surface area contributed by atoms with E-state index in [2.05, 4.69) is 10.2 Å². The Labute approximate surface area is 123 Å². The van der Waals surface area contributed by atoms with Gasteiger partial charge in [-0.05, 0) is 18.2 Å². The molecule has 2 N–H and O–H groups in total. The SMILES string of the molecule is N#Cc1cc(F)cc(S(=O)(=O)Nc2nnc(Cl)cc2O)c1. The van der Waals surface area contributed by atoms with Crippen LogP contribution in [0.3, 0.4) is 0 Å². The number of nitrogens with zero attached hydrogens (tertiary/aromatic N) is 3. The first-order chi connectivity index (χ1) is 9.81. The number of hydrogen-bond donors (Lipinski definition) is 2. The predicted molar refractivity (Wildman–Crippen MR) is 70.6 cm³/mol. The largest absolute Gasteiger partial charge is 0.504 e. The number of nitrogens with one attached hydrogen (secondary N) is 1. The molecule has 0 unspecified atom stereocenters. The number of sulfonamides is 1. The van der Waals surface area contributed by atoms with Crippen LogP contribution in [0.15, 0.2) is 29.2 Å². The van der Waals surface area contributed by atoms with Crippen molar-refractivity contribution in [2.24, 2.45) is 0 Å². The molecule has 0 spiro atoms. The van der Waals surface area contributed by atoms with E-state index in [0.717, 1.165) is 24.3 Å². The fourth-order valence-electron chi connectivity index (χ4n) is 1.40. The number of hydrogen-bond acceptors (Lipinski definition) is 6. The van der Waals surface area contributed by atoms with E-state index in [4.69, 9.17) is 16.9 Å². The summed E-state index contributed by atoms with van der Waals surface area (Å²) in [6.07, 6.45) is 0. The average Bonchev–Trinajstić information content (AvgIpc) is 2.41. The van der Waals surface area contributed by atoms with E-state index in [1.165, 1.54) is 0 Å². The van der Waals surface area contributed by atoms with Crippen molar-refractivity contribution in [3.8, 4) is 11.8 Å². The van der Waals surface area contributed by atoms with Crippen LogP contribution < -0.4 is 4.72 Å². The van der Waals surface area contributed by atoms with Crippen LogP contribution in [0.2, 0.25) is 5.15 Å². The number of benzene rings is 1. The standard InChI is InChI=1S/C11H6ClFN4O3S/c12-10-4-9(18)11(16-15-10)17-21(19,20)8-2-6(5-14)1-7(13)3-8/h1-4H,(H,15,18)(H,16,17). The molecule has 2 rings (SSSR count). The summed E-state index contributed by atoms with van der Waals surface area (Å²) in [5.41, 5.74) is -0.165. The van der Waals surface area contributed by atoms with Crippen molar-refractivity contribution in [1.29, 1.82) is 5.26 Å². The molecule has 7 nitrogen and oxygen atoms in total. The number of halogens is 2. The van der Waals surface area contributed by atoms with E-state index in [-0.39, 0.29) is 10.7 Å². The zero-order valence-electron chi connectivity index (χ0n) is 10.1. The molecule has 0 amide bonds. The van der Waals surface area contributed by atoms with Crippen molar-refractivity contribution < 1.29 is 17.9 Å². The van der Waals surface area contributed by atoms with Gasteiger partial charge >= 0.3 is 0 Å². The van der Waals surface area contributed by atoms with Crippen LogP contribution in [-0.2, 0) is 10.0 Å². The van der Waals surface area contributed by atoms with Gasteiger partial charge in [0.15, 0.2) is 10.9 Å². The molecule has 0 saturated heterocycles. The van der Waals surface area contributed by atoms with Gasteiger partial charge in [-0.15, -0.1) is 10.2 Å². The highest BCUT2D eigenvalue weighted by Gasteiger charge is 2.19. The molecule has 0 atom stereocenters. The third-order valence-corrected chi connectivity index (χ3v) is 3.79. The quantitative estimate of drug-likeness (QED) is 0.884. The van der Waals surface area contributed by atoms with Crippen molar-refractivity contribution >= 4 is 27.4 Å².